The number of rotatable bonds is 3. The van der Waals surface area contributed by atoms with Crippen LogP contribution in [-0.4, -0.2) is 16.5 Å². The van der Waals surface area contributed by atoms with Gasteiger partial charge >= 0.3 is 0 Å². The van der Waals surface area contributed by atoms with E-state index in [1.165, 1.54) is 5.56 Å². The summed E-state index contributed by atoms with van der Waals surface area (Å²) in [6, 6.07) is 6.22. The third-order valence-electron chi connectivity index (χ3n) is 2.33. The normalized spacial score (nSPS) is 10.5. The first-order chi connectivity index (χ1) is 7.31. The average molecular weight is 201 g/mol. The number of hydrogen-bond donors (Lipinski definition) is 1. The Kier molecular flexibility index (Phi) is 2.81. The number of anilines is 1. The van der Waals surface area contributed by atoms with Gasteiger partial charge in [-0.25, -0.2) is 9.97 Å². The smallest absolute Gasteiger partial charge is 0.137 e. The quantitative estimate of drug-likeness (QED) is 0.829. The molecule has 1 heterocycles. The highest BCUT2D eigenvalue weighted by Crippen LogP contribution is 2.19. The van der Waals surface area contributed by atoms with Crippen LogP contribution in [0.15, 0.2) is 24.5 Å². The maximum absolute atomic E-state index is 4.26. The van der Waals surface area contributed by atoms with Crippen molar-refractivity contribution in [1.82, 2.24) is 9.97 Å². The summed E-state index contributed by atoms with van der Waals surface area (Å²) in [4.78, 5) is 8.50. The van der Waals surface area contributed by atoms with Gasteiger partial charge in [0.15, 0.2) is 0 Å². The Morgan fingerprint density at radius 3 is 2.93 bits per heavy atom. The predicted molar refractivity (Wildman–Crippen MR) is 63.1 cm³/mol. The minimum Gasteiger partial charge on any atom is -0.369 e. The summed E-state index contributed by atoms with van der Waals surface area (Å²) in [5, 5.41) is 4.42. The van der Waals surface area contributed by atoms with Gasteiger partial charge in [0.1, 0.15) is 12.1 Å². The van der Waals surface area contributed by atoms with E-state index in [0.717, 1.165) is 29.7 Å². The van der Waals surface area contributed by atoms with Gasteiger partial charge in [-0.3, -0.25) is 0 Å². The number of nitrogens with one attached hydrogen (secondary N) is 1. The van der Waals surface area contributed by atoms with E-state index in [1.54, 1.807) is 6.33 Å². The molecule has 0 bridgehead atoms. The molecule has 0 saturated heterocycles. The van der Waals surface area contributed by atoms with E-state index in [0.29, 0.717) is 0 Å². The van der Waals surface area contributed by atoms with E-state index in [4.69, 9.17) is 0 Å². The van der Waals surface area contributed by atoms with Gasteiger partial charge in [0.25, 0.3) is 0 Å². The van der Waals surface area contributed by atoms with Crippen LogP contribution in [0, 0.1) is 6.92 Å². The van der Waals surface area contributed by atoms with Gasteiger partial charge < -0.3 is 5.32 Å². The number of benzene rings is 1. The van der Waals surface area contributed by atoms with E-state index in [-0.39, 0.29) is 0 Å². The first-order valence-electron chi connectivity index (χ1n) is 5.26. The van der Waals surface area contributed by atoms with Crippen LogP contribution in [0.5, 0.6) is 0 Å². The highest BCUT2D eigenvalue weighted by Gasteiger charge is 2.02. The van der Waals surface area contributed by atoms with Crippen molar-refractivity contribution >= 4 is 16.7 Å². The van der Waals surface area contributed by atoms with Crippen LogP contribution in [0.4, 0.5) is 5.82 Å². The highest BCUT2D eigenvalue weighted by molar-refractivity contribution is 5.89. The van der Waals surface area contributed by atoms with Crippen LogP contribution in [0.3, 0.4) is 0 Å². The molecule has 1 N–H and O–H groups in total. The zero-order chi connectivity index (χ0) is 10.7. The van der Waals surface area contributed by atoms with Crippen LogP contribution in [0.2, 0.25) is 0 Å². The third kappa shape index (κ3) is 2.06. The molecule has 0 atom stereocenters. The van der Waals surface area contributed by atoms with Gasteiger partial charge in [0, 0.05) is 11.9 Å². The van der Waals surface area contributed by atoms with Crippen LogP contribution in [0.25, 0.3) is 10.9 Å². The maximum Gasteiger partial charge on any atom is 0.137 e. The lowest BCUT2D eigenvalue weighted by Gasteiger charge is -2.07. The summed E-state index contributed by atoms with van der Waals surface area (Å²) in [5.41, 5.74) is 2.23. The molecule has 3 nitrogen and oxygen atoms in total. The van der Waals surface area contributed by atoms with E-state index in [9.17, 15) is 0 Å². The monoisotopic (exact) mass is 201 g/mol. The molecule has 15 heavy (non-hydrogen) atoms. The number of nitrogens with zero attached hydrogens (tertiary/aromatic N) is 2. The molecule has 0 saturated carbocycles. The van der Waals surface area contributed by atoms with Gasteiger partial charge in [-0.15, -0.1) is 0 Å². The van der Waals surface area contributed by atoms with Crippen molar-refractivity contribution in [3.8, 4) is 0 Å². The van der Waals surface area contributed by atoms with Gasteiger partial charge in [-0.1, -0.05) is 18.6 Å². The molecule has 0 spiro atoms. The molecule has 78 valence electrons. The molecule has 2 aromatic rings. The van der Waals surface area contributed by atoms with Crippen molar-refractivity contribution < 1.29 is 0 Å². The maximum atomic E-state index is 4.26. The minimum absolute atomic E-state index is 0.936. The molecule has 0 radical (unpaired) electrons. The van der Waals surface area contributed by atoms with Crippen molar-refractivity contribution in [2.24, 2.45) is 0 Å². The van der Waals surface area contributed by atoms with E-state index < -0.39 is 0 Å². The SMILES string of the molecule is CCCNc1ncnc2ccc(C)cc12. The van der Waals surface area contributed by atoms with Crippen LogP contribution in [-0.2, 0) is 0 Å². The predicted octanol–water partition coefficient (Wildman–Crippen LogP) is 2.76. The van der Waals surface area contributed by atoms with E-state index in [2.05, 4.69) is 41.3 Å². The number of hydrogen-bond acceptors (Lipinski definition) is 3. The second-order valence-electron chi connectivity index (χ2n) is 3.67. The molecular weight excluding hydrogens is 186 g/mol. The molecule has 0 fully saturated rings. The topological polar surface area (TPSA) is 37.8 Å². The lowest BCUT2D eigenvalue weighted by atomic mass is 10.1. The standard InChI is InChI=1S/C12H15N3/c1-3-6-13-12-10-7-9(2)4-5-11(10)14-8-15-12/h4-5,7-8H,3,6H2,1-2H3,(H,13,14,15). The molecular formula is C12H15N3. The molecule has 3 heteroatoms. The third-order valence-corrected chi connectivity index (χ3v) is 2.33. The lowest BCUT2D eigenvalue weighted by molar-refractivity contribution is 0.969. The number of aromatic nitrogens is 2. The molecule has 1 aromatic heterocycles. The van der Waals surface area contributed by atoms with Crippen LogP contribution >= 0.6 is 0 Å². The Balaban J connectivity index is 2.48. The van der Waals surface area contributed by atoms with Gasteiger partial charge in [-0.2, -0.15) is 0 Å². The average Bonchev–Trinajstić information content (AvgIpc) is 2.26. The van der Waals surface area contributed by atoms with Crippen molar-refractivity contribution in [2.75, 3.05) is 11.9 Å². The Hall–Kier alpha value is -1.64. The first kappa shape index (κ1) is 9.90. The summed E-state index contributed by atoms with van der Waals surface area (Å²) in [7, 11) is 0. The molecule has 0 aliphatic carbocycles. The fraction of sp³-hybridized carbons (Fsp3) is 0.333. The Morgan fingerprint density at radius 2 is 2.13 bits per heavy atom. The molecule has 0 aliphatic heterocycles. The summed E-state index contributed by atoms with van der Waals surface area (Å²) >= 11 is 0. The summed E-state index contributed by atoms with van der Waals surface area (Å²) in [6.45, 7) is 5.16. The van der Waals surface area contributed by atoms with Crippen LogP contribution < -0.4 is 5.32 Å². The van der Waals surface area contributed by atoms with Gasteiger partial charge in [0.2, 0.25) is 0 Å². The lowest BCUT2D eigenvalue weighted by Crippen LogP contribution is -2.02. The second-order valence-corrected chi connectivity index (χ2v) is 3.67. The zero-order valence-electron chi connectivity index (χ0n) is 9.12. The Morgan fingerprint density at radius 1 is 1.27 bits per heavy atom. The van der Waals surface area contributed by atoms with Crippen molar-refractivity contribution in [2.45, 2.75) is 20.3 Å². The fourth-order valence-electron chi connectivity index (χ4n) is 1.55. The number of fused-ring (bicyclic) bond motifs is 1. The molecule has 0 aliphatic rings. The van der Waals surface area contributed by atoms with E-state index >= 15 is 0 Å². The molecule has 0 amide bonds. The highest BCUT2D eigenvalue weighted by atomic mass is 15.0. The summed E-state index contributed by atoms with van der Waals surface area (Å²) in [5.74, 6) is 0.936. The zero-order valence-corrected chi connectivity index (χ0v) is 9.12. The minimum atomic E-state index is 0.936. The molecule has 1 aromatic carbocycles. The summed E-state index contributed by atoms with van der Waals surface area (Å²) in [6.07, 6.45) is 2.70. The number of aryl methyl sites for hydroxylation is 1. The Labute approximate surface area is 89.6 Å². The van der Waals surface area contributed by atoms with Crippen molar-refractivity contribution in [1.29, 1.82) is 0 Å². The molecule has 2 rings (SSSR count). The van der Waals surface area contributed by atoms with Crippen LogP contribution in [0.1, 0.15) is 18.9 Å². The van der Waals surface area contributed by atoms with Gasteiger partial charge in [-0.05, 0) is 25.5 Å². The fourth-order valence-corrected chi connectivity index (χ4v) is 1.55. The van der Waals surface area contributed by atoms with Gasteiger partial charge in [0.05, 0.1) is 5.52 Å². The largest absolute Gasteiger partial charge is 0.369 e. The summed E-state index contributed by atoms with van der Waals surface area (Å²) < 4.78 is 0. The Bertz CT molecular complexity index is 465. The second kappa shape index (κ2) is 4.26. The molecule has 0 unspecified atom stereocenters. The van der Waals surface area contributed by atoms with Crippen molar-refractivity contribution in [3.05, 3.63) is 30.1 Å². The van der Waals surface area contributed by atoms with Crippen molar-refractivity contribution in [3.63, 3.8) is 0 Å². The van der Waals surface area contributed by atoms with E-state index in [1.807, 2.05) is 6.07 Å². The first-order valence-corrected chi connectivity index (χ1v) is 5.26.